The van der Waals surface area contributed by atoms with Crippen molar-refractivity contribution in [3.63, 3.8) is 0 Å². The maximum Gasteiger partial charge on any atom is -0.00260 e. The van der Waals surface area contributed by atoms with E-state index in [4.69, 9.17) is 0 Å². The summed E-state index contributed by atoms with van der Waals surface area (Å²) in [6.07, 6.45) is 6.56. The second-order valence-electron chi connectivity index (χ2n) is 4.19. The third-order valence-corrected chi connectivity index (χ3v) is 3.91. The normalized spacial score (nSPS) is 25.7. The standard InChI is InChI=1S/C13H22S/c1-4-5-9-14-10-13-8-6-7-11(2)12(13)3/h10-11H,3-9H2,1-2H3/b13-10+. The molecule has 1 atom stereocenters. The molecule has 0 bridgehead atoms. The summed E-state index contributed by atoms with van der Waals surface area (Å²) in [5.41, 5.74) is 2.91. The van der Waals surface area contributed by atoms with Crippen molar-refractivity contribution < 1.29 is 0 Å². The third kappa shape index (κ3) is 3.53. The molecule has 1 aliphatic carbocycles. The zero-order valence-electron chi connectivity index (χ0n) is 9.51. The molecule has 1 saturated carbocycles. The quantitative estimate of drug-likeness (QED) is 0.602. The van der Waals surface area contributed by atoms with Gasteiger partial charge in [0, 0.05) is 0 Å². The highest BCUT2D eigenvalue weighted by molar-refractivity contribution is 8.02. The Balaban J connectivity index is 2.37. The van der Waals surface area contributed by atoms with Gasteiger partial charge in [0.2, 0.25) is 0 Å². The van der Waals surface area contributed by atoms with E-state index in [1.807, 2.05) is 11.8 Å². The highest BCUT2D eigenvalue weighted by Gasteiger charge is 2.16. The zero-order valence-corrected chi connectivity index (χ0v) is 10.3. The van der Waals surface area contributed by atoms with Crippen molar-refractivity contribution in [1.82, 2.24) is 0 Å². The minimum atomic E-state index is 0.710. The molecule has 0 radical (unpaired) electrons. The van der Waals surface area contributed by atoms with Gasteiger partial charge in [-0.1, -0.05) is 26.8 Å². The van der Waals surface area contributed by atoms with Crippen molar-refractivity contribution in [2.24, 2.45) is 5.92 Å². The number of hydrogen-bond acceptors (Lipinski definition) is 1. The Morgan fingerprint density at radius 3 is 3.07 bits per heavy atom. The number of thioether (sulfide) groups is 1. The second-order valence-corrected chi connectivity index (χ2v) is 5.16. The van der Waals surface area contributed by atoms with Gasteiger partial charge in [0.05, 0.1) is 0 Å². The number of hydrogen-bond donors (Lipinski definition) is 0. The van der Waals surface area contributed by atoms with Gasteiger partial charge < -0.3 is 0 Å². The Hall–Kier alpha value is -0.170. The van der Waals surface area contributed by atoms with Crippen LogP contribution in [0.4, 0.5) is 0 Å². The summed E-state index contributed by atoms with van der Waals surface area (Å²) in [6.45, 7) is 8.74. The Bertz CT molecular complexity index is 215. The van der Waals surface area contributed by atoms with Gasteiger partial charge >= 0.3 is 0 Å². The van der Waals surface area contributed by atoms with Crippen LogP contribution in [0.1, 0.15) is 46.0 Å². The fourth-order valence-electron chi connectivity index (χ4n) is 1.77. The molecule has 80 valence electrons. The van der Waals surface area contributed by atoms with Crippen LogP contribution >= 0.6 is 11.8 Å². The molecular formula is C13H22S. The van der Waals surface area contributed by atoms with E-state index in [1.54, 1.807) is 0 Å². The summed E-state index contributed by atoms with van der Waals surface area (Å²) in [5.74, 6) is 1.98. The number of rotatable bonds is 4. The molecule has 1 unspecified atom stereocenters. The molecule has 0 spiro atoms. The lowest BCUT2D eigenvalue weighted by molar-refractivity contribution is 0.542. The van der Waals surface area contributed by atoms with Crippen LogP contribution in [0, 0.1) is 5.92 Å². The predicted octanol–water partition coefficient (Wildman–Crippen LogP) is 4.78. The average Bonchev–Trinajstić information content (AvgIpc) is 2.19. The molecule has 0 saturated heterocycles. The van der Waals surface area contributed by atoms with Gasteiger partial charge in [0.15, 0.2) is 0 Å². The van der Waals surface area contributed by atoms with Gasteiger partial charge in [-0.2, -0.15) is 0 Å². The van der Waals surface area contributed by atoms with Crippen LogP contribution in [-0.4, -0.2) is 5.75 Å². The summed E-state index contributed by atoms with van der Waals surface area (Å²) >= 11 is 1.97. The Morgan fingerprint density at radius 2 is 2.36 bits per heavy atom. The molecule has 1 aliphatic rings. The van der Waals surface area contributed by atoms with Crippen LogP contribution < -0.4 is 0 Å². The molecule has 0 aliphatic heterocycles. The number of allylic oxidation sites excluding steroid dienone is 2. The largest absolute Gasteiger partial charge is 0.134 e. The first kappa shape index (κ1) is 11.9. The van der Waals surface area contributed by atoms with E-state index < -0.39 is 0 Å². The molecule has 0 amide bonds. The van der Waals surface area contributed by atoms with Gasteiger partial charge in [0.1, 0.15) is 0 Å². The first-order valence-corrected chi connectivity index (χ1v) is 6.80. The van der Waals surface area contributed by atoms with E-state index in [0.29, 0.717) is 5.92 Å². The molecule has 1 heteroatoms. The lowest BCUT2D eigenvalue weighted by Gasteiger charge is -2.23. The summed E-state index contributed by atoms with van der Waals surface area (Å²) in [6, 6.07) is 0. The van der Waals surface area contributed by atoms with Crippen LogP contribution in [0.5, 0.6) is 0 Å². The van der Waals surface area contributed by atoms with Crippen LogP contribution in [-0.2, 0) is 0 Å². The second kappa shape index (κ2) is 6.34. The predicted molar refractivity (Wildman–Crippen MR) is 67.6 cm³/mol. The van der Waals surface area contributed by atoms with Crippen molar-refractivity contribution in [2.45, 2.75) is 46.0 Å². The van der Waals surface area contributed by atoms with Crippen LogP contribution in [0.15, 0.2) is 23.1 Å². The lowest BCUT2D eigenvalue weighted by atomic mass is 9.83. The van der Waals surface area contributed by atoms with E-state index in [-0.39, 0.29) is 0 Å². The summed E-state index contributed by atoms with van der Waals surface area (Å²) in [7, 11) is 0. The van der Waals surface area contributed by atoms with Crippen molar-refractivity contribution in [3.8, 4) is 0 Å². The Kier molecular flexibility index (Phi) is 5.39. The van der Waals surface area contributed by atoms with Gasteiger partial charge in [-0.25, -0.2) is 0 Å². The van der Waals surface area contributed by atoms with E-state index in [2.05, 4.69) is 25.8 Å². The molecule has 1 rings (SSSR count). The molecule has 1 fully saturated rings. The Morgan fingerprint density at radius 1 is 1.57 bits per heavy atom. The fraction of sp³-hybridized carbons (Fsp3) is 0.692. The zero-order chi connectivity index (χ0) is 10.4. The molecular weight excluding hydrogens is 188 g/mol. The summed E-state index contributed by atoms with van der Waals surface area (Å²) in [4.78, 5) is 0. The molecule has 0 N–H and O–H groups in total. The summed E-state index contributed by atoms with van der Waals surface area (Å²) in [5, 5.41) is 2.35. The van der Waals surface area contributed by atoms with Crippen LogP contribution in [0.3, 0.4) is 0 Å². The molecule has 0 nitrogen and oxygen atoms in total. The van der Waals surface area contributed by atoms with Gasteiger partial charge in [-0.3, -0.25) is 0 Å². The van der Waals surface area contributed by atoms with Crippen molar-refractivity contribution in [1.29, 1.82) is 0 Å². The van der Waals surface area contributed by atoms with E-state index in [9.17, 15) is 0 Å². The SMILES string of the molecule is C=C1/C(=C/SCCCC)CCCC1C. The monoisotopic (exact) mass is 210 g/mol. The van der Waals surface area contributed by atoms with Crippen LogP contribution in [0.25, 0.3) is 0 Å². The topological polar surface area (TPSA) is 0 Å². The highest BCUT2D eigenvalue weighted by atomic mass is 32.2. The average molecular weight is 210 g/mol. The molecule has 14 heavy (non-hydrogen) atoms. The van der Waals surface area contributed by atoms with E-state index in [0.717, 1.165) is 0 Å². The maximum atomic E-state index is 4.19. The minimum Gasteiger partial charge on any atom is -0.134 e. The molecule has 0 aromatic carbocycles. The first-order chi connectivity index (χ1) is 6.75. The van der Waals surface area contributed by atoms with Crippen molar-refractivity contribution >= 4 is 11.8 Å². The third-order valence-electron chi connectivity index (χ3n) is 2.93. The fourth-order valence-corrected chi connectivity index (χ4v) is 2.82. The lowest BCUT2D eigenvalue weighted by Crippen LogP contribution is -2.07. The molecule has 0 aromatic rings. The van der Waals surface area contributed by atoms with Gasteiger partial charge in [-0.05, 0) is 53.9 Å². The van der Waals surface area contributed by atoms with E-state index >= 15 is 0 Å². The van der Waals surface area contributed by atoms with Crippen molar-refractivity contribution in [3.05, 3.63) is 23.1 Å². The highest BCUT2D eigenvalue weighted by Crippen LogP contribution is 2.33. The smallest absolute Gasteiger partial charge is 0.00260 e. The molecule has 0 heterocycles. The number of unbranched alkanes of at least 4 members (excludes halogenated alkanes) is 1. The first-order valence-electron chi connectivity index (χ1n) is 5.75. The van der Waals surface area contributed by atoms with Gasteiger partial charge in [-0.15, -0.1) is 11.8 Å². The Labute approximate surface area is 92.9 Å². The maximum absolute atomic E-state index is 4.19. The van der Waals surface area contributed by atoms with Crippen LogP contribution in [0.2, 0.25) is 0 Å². The van der Waals surface area contributed by atoms with E-state index in [1.165, 1.54) is 49.0 Å². The minimum absolute atomic E-state index is 0.710. The van der Waals surface area contributed by atoms with Crippen molar-refractivity contribution in [2.75, 3.05) is 5.75 Å². The van der Waals surface area contributed by atoms with Gasteiger partial charge in [0.25, 0.3) is 0 Å². The molecule has 0 aromatic heterocycles. The summed E-state index contributed by atoms with van der Waals surface area (Å²) < 4.78 is 0.